The van der Waals surface area contributed by atoms with Crippen molar-refractivity contribution in [1.29, 1.82) is 0 Å². The third-order valence-electron chi connectivity index (χ3n) is 5.94. The predicted octanol–water partition coefficient (Wildman–Crippen LogP) is 3.46. The molecule has 0 amide bonds. The number of hydrogen-bond acceptors (Lipinski definition) is 2. The first-order valence-electron chi connectivity index (χ1n) is 8.51. The summed E-state index contributed by atoms with van der Waals surface area (Å²) in [5.41, 5.74) is 0. The summed E-state index contributed by atoms with van der Waals surface area (Å²) in [6, 6.07) is 1.34. The summed E-state index contributed by atoms with van der Waals surface area (Å²) in [6.45, 7) is 8.48. The topological polar surface area (TPSA) is 21.3 Å². The molecule has 4 fully saturated rings. The molecule has 2 heteroatoms. The fraction of sp³-hybridized carbons (Fsp3) is 1.00. The van der Waals surface area contributed by atoms with Gasteiger partial charge in [0.15, 0.2) is 0 Å². The fourth-order valence-electron chi connectivity index (χ4n) is 5.12. The molecule has 0 spiro atoms. The Morgan fingerprint density at radius 1 is 1.00 bits per heavy atom. The Labute approximate surface area is 118 Å². The summed E-state index contributed by atoms with van der Waals surface area (Å²) < 4.78 is 5.69. The van der Waals surface area contributed by atoms with Crippen LogP contribution in [-0.4, -0.2) is 25.3 Å². The highest BCUT2D eigenvalue weighted by molar-refractivity contribution is 5.02. The van der Waals surface area contributed by atoms with Gasteiger partial charge in [0.1, 0.15) is 0 Å². The molecule has 4 rings (SSSR count). The van der Waals surface area contributed by atoms with Gasteiger partial charge in [0, 0.05) is 18.7 Å². The van der Waals surface area contributed by atoms with E-state index in [-0.39, 0.29) is 0 Å². The highest BCUT2D eigenvalue weighted by Gasteiger charge is 2.48. The largest absolute Gasteiger partial charge is 0.380 e. The normalized spacial score (nSPS) is 42.0. The van der Waals surface area contributed by atoms with Crippen LogP contribution in [0.5, 0.6) is 0 Å². The highest BCUT2D eigenvalue weighted by Crippen LogP contribution is 2.53. The van der Waals surface area contributed by atoms with Gasteiger partial charge in [0.2, 0.25) is 0 Å². The van der Waals surface area contributed by atoms with E-state index in [0.29, 0.717) is 12.0 Å². The average molecular weight is 265 g/mol. The number of hydrogen-bond donors (Lipinski definition) is 1. The lowest BCUT2D eigenvalue weighted by atomic mass is 9.54. The van der Waals surface area contributed by atoms with Crippen LogP contribution in [0.15, 0.2) is 0 Å². The van der Waals surface area contributed by atoms with Crippen molar-refractivity contribution in [2.45, 2.75) is 65.0 Å². The third kappa shape index (κ3) is 2.85. The van der Waals surface area contributed by atoms with Crippen molar-refractivity contribution in [3.05, 3.63) is 0 Å². The van der Waals surface area contributed by atoms with Gasteiger partial charge in [0.25, 0.3) is 0 Å². The van der Waals surface area contributed by atoms with Crippen molar-refractivity contribution in [3.63, 3.8) is 0 Å². The van der Waals surface area contributed by atoms with Crippen LogP contribution >= 0.6 is 0 Å². The van der Waals surface area contributed by atoms with Gasteiger partial charge in [0.05, 0.1) is 6.61 Å². The lowest BCUT2D eigenvalue weighted by Crippen LogP contribution is -2.58. The lowest BCUT2D eigenvalue weighted by Gasteiger charge is -2.55. The zero-order valence-electron chi connectivity index (χ0n) is 12.9. The molecular weight excluding hydrogens is 234 g/mol. The molecule has 1 unspecified atom stereocenters. The Morgan fingerprint density at radius 3 is 2.05 bits per heavy atom. The molecule has 4 aliphatic rings. The second-order valence-electron chi connectivity index (χ2n) is 7.63. The van der Waals surface area contributed by atoms with E-state index in [0.717, 1.165) is 42.9 Å². The summed E-state index contributed by atoms with van der Waals surface area (Å²) in [4.78, 5) is 0. The van der Waals surface area contributed by atoms with Crippen molar-refractivity contribution in [2.24, 2.45) is 29.6 Å². The third-order valence-corrected chi connectivity index (χ3v) is 5.94. The van der Waals surface area contributed by atoms with Crippen molar-refractivity contribution in [2.75, 3.05) is 13.2 Å². The number of ether oxygens (including phenoxy) is 1. The van der Waals surface area contributed by atoms with Gasteiger partial charge in [-0.2, -0.15) is 0 Å². The smallest absolute Gasteiger partial charge is 0.0622 e. The van der Waals surface area contributed by atoms with Crippen molar-refractivity contribution in [3.8, 4) is 0 Å². The second-order valence-corrected chi connectivity index (χ2v) is 7.63. The Kier molecular flexibility index (Phi) is 4.19. The molecule has 0 aromatic rings. The summed E-state index contributed by atoms with van der Waals surface area (Å²) in [5, 5.41) is 4.01. The molecule has 0 aromatic carbocycles. The summed E-state index contributed by atoms with van der Waals surface area (Å²) >= 11 is 0. The van der Waals surface area contributed by atoms with Crippen molar-refractivity contribution >= 4 is 0 Å². The standard InChI is InChI=1S/C17H31NO/c1-4-19-10-16(11(2)3)18-17-14-6-12-5-13(8-14)9-15(17)7-12/h11-18H,4-10H2,1-3H3. The molecule has 0 aliphatic heterocycles. The van der Waals surface area contributed by atoms with Gasteiger partial charge in [-0.25, -0.2) is 0 Å². The first-order chi connectivity index (χ1) is 9.17. The van der Waals surface area contributed by atoms with Crippen LogP contribution in [0.4, 0.5) is 0 Å². The molecule has 0 radical (unpaired) electrons. The summed E-state index contributed by atoms with van der Waals surface area (Å²) in [6.07, 6.45) is 7.56. The molecule has 0 aromatic heterocycles. The molecular formula is C17H31NO. The molecule has 1 N–H and O–H groups in total. The minimum Gasteiger partial charge on any atom is -0.380 e. The summed E-state index contributed by atoms with van der Waals surface area (Å²) in [7, 11) is 0. The van der Waals surface area contributed by atoms with Crippen LogP contribution < -0.4 is 5.32 Å². The van der Waals surface area contributed by atoms with Gasteiger partial charge in [-0.1, -0.05) is 13.8 Å². The monoisotopic (exact) mass is 265 g/mol. The van der Waals surface area contributed by atoms with Gasteiger partial charge in [-0.05, 0) is 68.6 Å². The maximum absolute atomic E-state index is 5.69. The molecule has 1 atom stereocenters. The zero-order chi connectivity index (χ0) is 13.4. The van der Waals surface area contributed by atoms with E-state index in [1.165, 1.54) is 25.7 Å². The van der Waals surface area contributed by atoms with E-state index < -0.39 is 0 Å². The minimum atomic E-state index is 0.544. The van der Waals surface area contributed by atoms with Gasteiger partial charge in [-0.15, -0.1) is 0 Å². The van der Waals surface area contributed by atoms with E-state index >= 15 is 0 Å². The Hall–Kier alpha value is -0.0800. The van der Waals surface area contributed by atoms with E-state index in [4.69, 9.17) is 4.74 Å². The molecule has 2 nitrogen and oxygen atoms in total. The highest BCUT2D eigenvalue weighted by atomic mass is 16.5. The first-order valence-corrected chi connectivity index (χ1v) is 8.51. The summed E-state index contributed by atoms with van der Waals surface area (Å²) in [5.74, 6) is 4.76. The molecule has 0 heterocycles. The van der Waals surface area contributed by atoms with E-state index in [9.17, 15) is 0 Å². The minimum absolute atomic E-state index is 0.544. The van der Waals surface area contributed by atoms with Gasteiger partial charge in [-0.3, -0.25) is 0 Å². The average Bonchev–Trinajstić information content (AvgIpc) is 2.36. The second kappa shape index (κ2) is 5.73. The van der Waals surface area contributed by atoms with Crippen molar-refractivity contribution < 1.29 is 4.74 Å². The van der Waals surface area contributed by atoms with Gasteiger partial charge >= 0.3 is 0 Å². The molecule has 19 heavy (non-hydrogen) atoms. The quantitative estimate of drug-likeness (QED) is 0.794. The predicted molar refractivity (Wildman–Crippen MR) is 79.1 cm³/mol. The first kappa shape index (κ1) is 13.9. The zero-order valence-corrected chi connectivity index (χ0v) is 12.9. The van der Waals surface area contributed by atoms with Crippen LogP contribution in [0.2, 0.25) is 0 Å². The van der Waals surface area contributed by atoms with Crippen molar-refractivity contribution in [1.82, 2.24) is 5.32 Å². The molecule has 0 saturated heterocycles. The van der Waals surface area contributed by atoms with E-state index in [1.54, 1.807) is 6.42 Å². The maximum Gasteiger partial charge on any atom is 0.0622 e. The Morgan fingerprint density at radius 2 is 1.58 bits per heavy atom. The van der Waals surface area contributed by atoms with Crippen LogP contribution in [0.25, 0.3) is 0 Å². The number of rotatable bonds is 6. The molecule has 4 bridgehead atoms. The molecule has 4 aliphatic carbocycles. The maximum atomic E-state index is 5.69. The molecule has 4 saturated carbocycles. The SMILES string of the molecule is CCOCC(NC1C2CC3CC(C2)CC1C3)C(C)C. The van der Waals surface area contributed by atoms with Crippen LogP contribution in [0, 0.1) is 29.6 Å². The van der Waals surface area contributed by atoms with Crippen LogP contribution in [0.3, 0.4) is 0 Å². The van der Waals surface area contributed by atoms with Gasteiger partial charge < -0.3 is 10.1 Å². The molecule has 110 valence electrons. The Bertz CT molecular complexity index is 274. The fourth-order valence-corrected chi connectivity index (χ4v) is 5.12. The van der Waals surface area contributed by atoms with E-state index in [2.05, 4.69) is 26.1 Å². The van der Waals surface area contributed by atoms with E-state index in [1.807, 2.05) is 0 Å². The van der Waals surface area contributed by atoms with Crippen LogP contribution in [0.1, 0.15) is 52.9 Å². The Balaban J connectivity index is 1.62. The van der Waals surface area contributed by atoms with Crippen LogP contribution in [-0.2, 0) is 4.74 Å². The number of nitrogens with one attached hydrogen (secondary N) is 1. The lowest BCUT2D eigenvalue weighted by molar-refractivity contribution is -0.0254.